The van der Waals surface area contributed by atoms with Crippen molar-refractivity contribution in [2.45, 2.75) is 46.3 Å². The zero-order chi connectivity index (χ0) is 17.0. The van der Waals surface area contributed by atoms with Gasteiger partial charge in [0.05, 0.1) is 11.5 Å². The summed E-state index contributed by atoms with van der Waals surface area (Å²) in [5.41, 5.74) is 5.88. The molecular weight excluding hydrogens is 308 g/mol. The summed E-state index contributed by atoms with van der Waals surface area (Å²) in [5.74, 6) is 1.22. The van der Waals surface area contributed by atoms with E-state index in [2.05, 4.69) is 63.7 Å². The van der Waals surface area contributed by atoms with E-state index in [1.807, 2.05) is 6.20 Å². The molecule has 2 rings (SSSR count). The third-order valence-corrected chi connectivity index (χ3v) is 5.13. The molecule has 0 aliphatic heterocycles. The van der Waals surface area contributed by atoms with Crippen LogP contribution in [0.2, 0.25) is 19.6 Å². The number of anilines is 2. The van der Waals surface area contributed by atoms with Crippen molar-refractivity contribution in [3.05, 3.63) is 6.20 Å². The minimum Gasteiger partial charge on any atom is -0.368 e. The quantitative estimate of drug-likeness (QED) is 0.760. The van der Waals surface area contributed by atoms with Crippen molar-refractivity contribution in [2.24, 2.45) is 0 Å². The number of nitrogen functional groups attached to an aromatic ring is 1. The van der Waals surface area contributed by atoms with Crippen LogP contribution in [0.5, 0.6) is 0 Å². The van der Waals surface area contributed by atoms with Gasteiger partial charge in [-0.25, -0.2) is 0 Å². The lowest BCUT2D eigenvalue weighted by Crippen LogP contribution is -2.38. The van der Waals surface area contributed by atoms with E-state index in [4.69, 9.17) is 5.73 Å². The lowest BCUT2D eigenvalue weighted by molar-refractivity contribution is 0.700. The van der Waals surface area contributed by atoms with E-state index in [0.29, 0.717) is 11.9 Å². The second-order valence-electron chi connectivity index (χ2n) is 6.58. The molecule has 0 atom stereocenters. The fourth-order valence-corrected chi connectivity index (χ4v) is 3.02. The summed E-state index contributed by atoms with van der Waals surface area (Å²) < 4.78 is 1.59. The van der Waals surface area contributed by atoms with Gasteiger partial charge in [-0.05, 0) is 12.8 Å². The monoisotopic (exact) mass is 334 g/mol. The fraction of sp³-hybridized carbons (Fsp3) is 0.643. The number of nitrogens with two attached hydrogens (primary N) is 1. The molecule has 0 radical (unpaired) electrons. The summed E-state index contributed by atoms with van der Waals surface area (Å²) in [4.78, 5) is 15.1. The Morgan fingerprint density at radius 2 is 1.74 bits per heavy atom. The molecule has 0 aliphatic carbocycles. The number of aromatic nitrogens is 6. The third-order valence-electron chi connectivity index (χ3n) is 3.37. The van der Waals surface area contributed by atoms with Gasteiger partial charge in [0.1, 0.15) is 8.07 Å². The first-order chi connectivity index (χ1) is 10.8. The molecule has 0 spiro atoms. The zero-order valence-corrected chi connectivity index (χ0v) is 15.6. The van der Waals surface area contributed by atoms with Crippen LogP contribution in [0, 0.1) is 0 Å². The molecule has 0 unspecified atom stereocenters. The second kappa shape index (κ2) is 7.03. The topological polar surface area (TPSA) is 98.6 Å². The molecule has 2 aromatic heterocycles. The molecule has 2 aromatic rings. The van der Waals surface area contributed by atoms with Gasteiger partial charge in [-0.2, -0.15) is 19.6 Å². The van der Waals surface area contributed by atoms with Crippen molar-refractivity contribution < 1.29 is 0 Å². The first kappa shape index (κ1) is 17.3. The first-order valence-electron chi connectivity index (χ1n) is 8.04. The van der Waals surface area contributed by atoms with Crippen molar-refractivity contribution in [3.63, 3.8) is 0 Å². The summed E-state index contributed by atoms with van der Waals surface area (Å²) in [6, 6.07) is 0. The van der Waals surface area contributed by atoms with Crippen molar-refractivity contribution >= 4 is 25.3 Å². The Kier molecular flexibility index (Phi) is 5.29. The van der Waals surface area contributed by atoms with Crippen LogP contribution < -0.4 is 16.0 Å². The maximum absolute atomic E-state index is 5.88. The predicted molar refractivity (Wildman–Crippen MR) is 94.9 cm³/mol. The molecule has 0 fully saturated rings. The molecule has 9 heteroatoms. The van der Waals surface area contributed by atoms with Gasteiger partial charge in [0.15, 0.2) is 0 Å². The standard InChI is InChI=1S/C14H26N8Si/c1-6-8-21(9-7-2)13-16-12(15)17-14(18-13)22-10-11(19-20-22)23(3,4)5/h10H,6-9H2,1-5H3,(H2,15,16,17,18). The van der Waals surface area contributed by atoms with Crippen LogP contribution in [-0.4, -0.2) is 51.1 Å². The minimum absolute atomic E-state index is 0.201. The third kappa shape index (κ3) is 4.24. The van der Waals surface area contributed by atoms with Crippen LogP contribution in [0.15, 0.2) is 6.20 Å². The minimum atomic E-state index is -1.53. The van der Waals surface area contributed by atoms with Crippen LogP contribution in [0.1, 0.15) is 26.7 Å². The SMILES string of the molecule is CCCN(CCC)c1nc(N)nc(-n2cc([Si](C)(C)C)nn2)n1. The van der Waals surface area contributed by atoms with Gasteiger partial charge in [0.2, 0.25) is 11.9 Å². The van der Waals surface area contributed by atoms with Crippen molar-refractivity contribution in [3.8, 4) is 5.95 Å². The maximum atomic E-state index is 5.88. The highest BCUT2D eigenvalue weighted by Crippen LogP contribution is 2.12. The summed E-state index contributed by atoms with van der Waals surface area (Å²) in [6.07, 6.45) is 3.93. The van der Waals surface area contributed by atoms with E-state index < -0.39 is 8.07 Å². The van der Waals surface area contributed by atoms with Gasteiger partial charge in [0.25, 0.3) is 5.95 Å². The van der Waals surface area contributed by atoms with Gasteiger partial charge in [-0.15, -0.1) is 5.10 Å². The average molecular weight is 335 g/mol. The van der Waals surface area contributed by atoms with E-state index in [1.54, 1.807) is 4.68 Å². The maximum Gasteiger partial charge on any atom is 0.258 e. The van der Waals surface area contributed by atoms with E-state index in [0.717, 1.165) is 31.2 Å². The molecular formula is C14H26N8Si. The van der Waals surface area contributed by atoms with Crippen LogP contribution >= 0.6 is 0 Å². The van der Waals surface area contributed by atoms with Gasteiger partial charge in [-0.1, -0.05) is 38.7 Å². The number of rotatable bonds is 7. The number of hydrogen-bond donors (Lipinski definition) is 1. The Balaban J connectivity index is 2.38. The Hall–Kier alpha value is -2.03. The molecule has 2 heterocycles. The fourth-order valence-electron chi connectivity index (χ4n) is 2.17. The lowest BCUT2D eigenvalue weighted by Gasteiger charge is -2.21. The summed E-state index contributed by atoms with van der Waals surface area (Å²) in [5, 5.41) is 9.43. The average Bonchev–Trinajstić information content (AvgIpc) is 2.96. The van der Waals surface area contributed by atoms with Gasteiger partial charge in [0, 0.05) is 13.1 Å². The van der Waals surface area contributed by atoms with E-state index in [9.17, 15) is 0 Å². The summed E-state index contributed by atoms with van der Waals surface area (Å²) in [7, 11) is -1.53. The molecule has 23 heavy (non-hydrogen) atoms. The van der Waals surface area contributed by atoms with Crippen molar-refractivity contribution in [1.82, 2.24) is 29.9 Å². The smallest absolute Gasteiger partial charge is 0.258 e. The molecule has 126 valence electrons. The van der Waals surface area contributed by atoms with Gasteiger partial charge < -0.3 is 10.6 Å². The van der Waals surface area contributed by atoms with Crippen molar-refractivity contribution in [2.75, 3.05) is 23.7 Å². The summed E-state index contributed by atoms with van der Waals surface area (Å²) in [6.45, 7) is 12.7. The van der Waals surface area contributed by atoms with E-state index >= 15 is 0 Å². The van der Waals surface area contributed by atoms with Crippen LogP contribution in [0.25, 0.3) is 5.95 Å². The van der Waals surface area contributed by atoms with Crippen LogP contribution in [0.3, 0.4) is 0 Å². The molecule has 0 amide bonds. The van der Waals surface area contributed by atoms with Crippen LogP contribution in [0.4, 0.5) is 11.9 Å². The number of hydrogen-bond acceptors (Lipinski definition) is 7. The Bertz CT molecular complexity index is 642. The first-order valence-corrected chi connectivity index (χ1v) is 11.5. The highest BCUT2D eigenvalue weighted by molar-refractivity contribution is 6.88. The molecule has 0 aromatic carbocycles. The van der Waals surface area contributed by atoms with Crippen LogP contribution in [-0.2, 0) is 0 Å². The van der Waals surface area contributed by atoms with Crippen molar-refractivity contribution in [1.29, 1.82) is 0 Å². The molecule has 8 nitrogen and oxygen atoms in total. The van der Waals surface area contributed by atoms with Gasteiger partial charge in [-0.3, -0.25) is 0 Å². The molecule has 0 bridgehead atoms. The normalized spacial score (nSPS) is 11.7. The zero-order valence-electron chi connectivity index (χ0n) is 14.6. The Labute approximate surface area is 138 Å². The second-order valence-corrected chi connectivity index (χ2v) is 11.6. The highest BCUT2D eigenvalue weighted by Gasteiger charge is 2.22. The van der Waals surface area contributed by atoms with Gasteiger partial charge >= 0.3 is 0 Å². The lowest BCUT2D eigenvalue weighted by atomic mass is 10.4. The molecule has 0 aliphatic rings. The Morgan fingerprint density at radius 3 is 2.26 bits per heavy atom. The largest absolute Gasteiger partial charge is 0.368 e. The molecule has 2 N–H and O–H groups in total. The summed E-state index contributed by atoms with van der Waals surface area (Å²) >= 11 is 0. The Morgan fingerprint density at radius 1 is 1.09 bits per heavy atom. The number of nitrogens with zero attached hydrogens (tertiary/aromatic N) is 7. The van der Waals surface area contributed by atoms with E-state index in [-0.39, 0.29) is 5.95 Å². The van der Waals surface area contributed by atoms with E-state index in [1.165, 1.54) is 0 Å². The predicted octanol–water partition coefficient (Wildman–Crippen LogP) is 1.21. The molecule has 0 saturated carbocycles. The molecule has 0 saturated heterocycles. The highest BCUT2D eigenvalue weighted by atomic mass is 28.3.